The molecule has 0 aliphatic carbocycles. The lowest BCUT2D eigenvalue weighted by Crippen LogP contribution is -2.36. The Morgan fingerprint density at radius 2 is 1.88 bits per heavy atom. The van der Waals surface area contributed by atoms with Gasteiger partial charge in [0.05, 0.1) is 6.61 Å². The molecular formula is C4H9O4. The van der Waals surface area contributed by atoms with Gasteiger partial charge in [-0.1, -0.05) is 0 Å². The third kappa shape index (κ3) is 1.75. The van der Waals surface area contributed by atoms with E-state index in [0.29, 0.717) is 0 Å². The van der Waals surface area contributed by atoms with E-state index in [1.807, 2.05) is 0 Å². The van der Waals surface area contributed by atoms with Crippen LogP contribution in [0.15, 0.2) is 0 Å². The number of hydrogen-bond acceptors (Lipinski definition) is 4. The summed E-state index contributed by atoms with van der Waals surface area (Å²) in [6.45, 7) is 0.387. The summed E-state index contributed by atoms with van der Waals surface area (Å²) in [5, 5.41) is 33.1. The van der Waals surface area contributed by atoms with E-state index in [1.54, 1.807) is 0 Å². The van der Waals surface area contributed by atoms with E-state index in [-0.39, 0.29) is 0 Å². The van der Waals surface area contributed by atoms with E-state index in [2.05, 4.69) is 0 Å². The van der Waals surface area contributed by atoms with Gasteiger partial charge < -0.3 is 20.4 Å². The molecular weight excluding hydrogens is 112 g/mol. The van der Waals surface area contributed by atoms with Crippen LogP contribution in [-0.2, 0) is 0 Å². The first-order chi connectivity index (χ1) is 3.50. The number of aliphatic hydroxyl groups is 4. The molecule has 0 aromatic rings. The maximum Gasteiger partial charge on any atom is 0.253 e. The van der Waals surface area contributed by atoms with Crippen LogP contribution in [0.25, 0.3) is 0 Å². The van der Waals surface area contributed by atoms with Crippen molar-refractivity contribution in [3.05, 3.63) is 6.29 Å². The first kappa shape index (κ1) is 7.84. The van der Waals surface area contributed by atoms with Gasteiger partial charge >= 0.3 is 0 Å². The summed E-state index contributed by atoms with van der Waals surface area (Å²) in [5.41, 5.74) is -1.87. The third-order valence-electron chi connectivity index (χ3n) is 0.790. The van der Waals surface area contributed by atoms with Crippen LogP contribution in [-0.4, -0.2) is 32.6 Å². The molecule has 0 fully saturated rings. The van der Waals surface area contributed by atoms with Gasteiger partial charge in [-0.2, -0.15) is 0 Å². The monoisotopic (exact) mass is 121 g/mol. The second-order valence-electron chi connectivity index (χ2n) is 1.76. The second kappa shape index (κ2) is 2.41. The van der Waals surface area contributed by atoms with Crippen molar-refractivity contribution >= 4 is 0 Å². The fraction of sp³-hybridized carbons (Fsp3) is 0.750. The van der Waals surface area contributed by atoms with Crippen molar-refractivity contribution in [1.29, 1.82) is 0 Å². The number of aliphatic hydroxyl groups excluding tert-OH is 2. The van der Waals surface area contributed by atoms with Gasteiger partial charge in [-0.3, -0.25) is 0 Å². The third-order valence-corrected chi connectivity index (χ3v) is 0.790. The van der Waals surface area contributed by atoms with Gasteiger partial charge in [-0.15, -0.1) is 0 Å². The minimum absolute atomic E-state index is 0.699. The average molecular weight is 121 g/mol. The Morgan fingerprint density at radius 3 is 1.88 bits per heavy atom. The van der Waals surface area contributed by atoms with Crippen molar-refractivity contribution in [3.63, 3.8) is 0 Å². The predicted octanol–water partition coefficient (Wildman–Crippen LogP) is -1.04. The summed E-state index contributed by atoms with van der Waals surface area (Å²) in [7, 11) is 0. The van der Waals surface area contributed by atoms with Crippen molar-refractivity contribution in [3.8, 4) is 0 Å². The van der Waals surface area contributed by atoms with Crippen molar-refractivity contribution < 1.29 is 20.4 Å². The summed E-state index contributed by atoms with van der Waals surface area (Å²) < 4.78 is 0. The zero-order chi connectivity index (χ0) is 6.78. The Kier molecular flexibility index (Phi) is 2.36. The van der Waals surface area contributed by atoms with Gasteiger partial charge in [0.25, 0.3) is 6.29 Å². The van der Waals surface area contributed by atoms with E-state index in [4.69, 9.17) is 20.4 Å². The van der Waals surface area contributed by atoms with Crippen LogP contribution in [0, 0.1) is 6.29 Å². The maximum atomic E-state index is 8.61. The summed E-state index contributed by atoms with van der Waals surface area (Å²) in [6, 6.07) is 0. The zero-order valence-corrected chi connectivity index (χ0v) is 4.50. The molecule has 0 aromatic carbocycles. The molecule has 0 aromatic heterocycles. The summed E-state index contributed by atoms with van der Waals surface area (Å²) in [4.78, 5) is 0. The number of hydrogen-bond donors (Lipinski definition) is 4. The topological polar surface area (TPSA) is 80.9 Å². The Balaban J connectivity index is 3.71. The van der Waals surface area contributed by atoms with E-state index in [1.165, 1.54) is 0 Å². The molecule has 0 aliphatic rings. The van der Waals surface area contributed by atoms with Crippen molar-refractivity contribution in [1.82, 2.24) is 0 Å². The molecule has 49 valence electrons. The molecule has 8 heavy (non-hydrogen) atoms. The lowest BCUT2D eigenvalue weighted by atomic mass is 10.1. The van der Waals surface area contributed by atoms with E-state index in [0.717, 1.165) is 6.92 Å². The molecule has 0 rings (SSSR count). The maximum absolute atomic E-state index is 8.61. The van der Waals surface area contributed by atoms with Crippen LogP contribution >= 0.6 is 0 Å². The highest BCUT2D eigenvalue weighted by atomic mass is 16.5. The molecule has 4 N–H and O–H groups in total. The summed E-state index contributed by atoms with van der Waals surface area (Å²) in [5.74, 6) is 0. The minimum atomic E-state index is -1.87. The lowest BCUT2D eigenvalue weighted by Gasteiger charge is -2.19. The van der Waals surface area contributed by atoms with Gasteiger partial charge in [0.1, 0.15) is 5.60 Å². The predicted molar refractivity (Wildman–Crippen MR) is 24.8 cm³/mol. The van der Waals surface area contributed by atoms with Crippen LogP contribution in [0.5, 0.6) is 0 Å². The molecule has 1 atom stereocenters. The molecule has 4 heteroatoms. The molecule has 4 nitrogen and oxygen atoms in total. The molecule has 0 aliphatic heterocycles. The molecule has 0 heterocycles. The molecule has 1 radical (unpaired) electrons. The average Bonchev–Trinajstić information content (AvgIpc) is 1.67. The quantitative estimate of drug-likeness (QED) is 0.376. The zero-order valence-electron chi connectivity index (χ0n) is 4.50. The van der Waals surface area contributed by atoms with E-state index < -0.39 is 18.5 Å². The van der Waals surface area contributed by atoms with Crippen LogP contribution in [0.2, 0.25) is 0 Å². The fourth-order valence-electron chi connectivity index (χ4n) is 0.0707. The molecule has 0 bridgehead atoms. The van der Waals surface area contributed by atoms with Gasteiger partial charge in [0.15, 0.2) is 0 Å². The molecule has 0 spiro atoms. The highest BCUT2D eigenvalue weighted by Gasteiger charge is 2.29. The van der Waals surface area contributed by atoms with Crippen LogP contribution in [0.1, 0.15) is 6.92 Å². The first-order valence-corrected chi connectivity index (χ1v) is 2.09. The van der Waals surface area contributed by atoms with Crippen LogP contribution in [0.3, 0.4) is 0 Å². The standard InChI is InChI=1S/C4H9O4/c1-4(8,2-5)3(6)7/h5-8H,2H2,1H3. The van der Waals surface area contributed by atoms with Crippen molar-refractivity contribution in [2.24, 2.45) is 0 Å². The second-order valence-corrected chi connectivity index (χ2v) is 1.76. The van der Waals surface area contributed by atoms with Crippen LogP contribution in [0.4, 0.5) is 0 Å². The molecule has 0 amide bonds. The smallest absolute Gasteiger partial charge is 0.253 e. The highest BCUT2D eigenvalue weighted by molar-refractivity contribution is 4.85. The van der Waals surface area contributed by atoms with Crippen LogP contribution < -0.4 is 0 Å². The van der Waals surface area contributed by atoms with E-state index in [9.17, 15) is 0 Å². The first-order valence-electron chi connectivity index (χ1n) is 2.09. The molecule has 1 unspecified atom stereocenters. The minimum Gasteiger partial charge on any atom is -0.393 e. The summed E-state index contributed by atoms with van der Waals surface area (Å²) in [6.07, 6.45) is -1.17. The Labute approximate surface area is 47.0 Å². The fourth-order valence-corrected chi connectivity index (χ4v) is 0.0707. The summed E-state index contributed by atoms with van der Waals surface area (Å²) >= 11 is 0. The Hall–Kier alpha value is -0.160. The van der Waals surface area contributed by atoms with Gasteiger partial charge in [0, 0.05) is 0 Å². The molecule has 0 saturated carbocycles. The number of rotatable bonds is 2. The SMILES string of the molecule is CC(O)(CO)[C](O)O. The van der Waals surface area contributed by atoms with E-state index >= 15 is 0 Å². The molecule has 0 saturated heterocycles. The lowest BCUT2D eigenvalue weighted by molar-refractivity contribution is -0.108. The van der Waals surface area contributed by atoms with Gasteiger partial charge in [0.2, 0.25) is 0 Å². The largest absolute Gasteiger partial charge is 0.393 e. The normalized spacial score (nSPS) is 18.8. The Bertz CT molecular complexity index is 68.4. The van der Waals surface area contributed by atoms with Crippen molar-refractivity contribution in [2.75, 3.05) is 6.61 Å². The van der Waals surface area contributed by atoms with Gasteiger partial charge in [-0.25, -0.2) is 0 Å². The van der Waals surface area contributed by atoms with Gasteiger partial charge in [-0.05, 0) is 6.92 Å². The van der Waals surface area contributed by atoms with Crippen molar-refractivity contribution in [2.45, 2.75) is 12.5 Å². The Morgan fingerprint density at radius 1 is 1.50 bits per heavy atom. The highest BCUT2D eigenvalue weighted by Crippen LogP contribution is 2.10.